The minimum atomic E-state index is 0.126. The molecule has 0 N–H and O–H groups in total. The highest BCUT2D eigenvalue weighted by molar-refractivity contribution is 5.95. The van der Waals surface area contributed by atoms with Crippen LogP contribution in [0.2, 0.25) is 0 Å². The molecule has 0 aromatic rings. The molecule has 0 aromatic heterocycles. The summed E-state index contributed by atoms with van der Waals surface area (Å²) in [7, 11) is 0. The fourth-order valence-corrected chi connectivity index (χ4v) is 7.16. The number of hydrogen-bond acceptors (Lipinski definition) is 2. The SMILES string of the molecule is CC(=O)C1=CC[C@H]2[C@@H]3CC[C@H]4CC(=O)CC[C@]4(C)[C@H]3CC[C@]12C. The van der Waals surface area contributed by atoms with Gasteiger partial charge in [0.05, 0.1) is 0 Å². The number of fused-ring (bicyclic) bond motifs is 5. The standard InChI is InChI=1S/C21H30O2/c1-13(22)17-6-7-18-16-5-4-14-12-15(23)8-10-20(14,2)19(16)9-11-21(17,18)3/h6,14,16,18-19H,4-5,7-12H2,1-3H3/t14-,16-,18-,19-,20-,21+/m0/s1. The molecule has 0 bridgehead atoms. The fourth-order valence-electron chi connectivity index (χ4n) is 7.16. The van der Waals surface area contributed by atoms with Crippen LogP contribution in [0.1, 0.15) is 72.1 Å². The van der Waals surface area contributed by atoms with E-state index in [9.17, 15) is 9.59 Å². The van der Waals surface area contributed by atoms with E-state index in [0.717, 1.165) is 43.1 Å². The van der Waals surface area contributed by atoms with Crippen LogP contribution < -0.4 is 0 Å². The topological polar surface area (TPSA) is 34.1 Å². The van der Waals surface area contributed by atoms with Crippen molar-refractivity contribution in [2.24, 2.45) is 34.5 Å². The number of ketones is 2. The van der Waals surface area contributed by atoms with E-state index >= 15 is 0 Å². The molecule has 0 amide bonds. The van der Waals surface area contributed by atoms with Gasteiger partial charge in [0.1, 0.15) is 5.78 Å². The van der Waals surface area contributed by atoms with Crippen LogP contribution in [-0.4, -0.2) is 11.6 Å². The molecule has 3 saturated carbocycles. The summed E-state index contributed by atoms with van der Waals surface area (Å²) in [5.74, 6) is 3.60. The van der Waals surface area contributed by atoms with Crippen molar-refractivity contribution in [2.45, 2.75) is 72.1 Å². The lowest BCUT2D eigenvalue weighted by Gasteiger charge is -2.60. The normalized spacial score (nSPS) is 49.0. The third kappa shape index (κ3) is 2.06. The zero-order valence-corrected chi connectivity index (χ0v) is 14.9. The van der Waals surface area contributed by atoms with Crippen molar-refractivity contribution in [1.82, 2.24) is 0 Å². The Hall–Kier alpha value is -0.920. The highest BCUT2D eigenvalue weighted by Gasteiger charge is 2.58. The maximum atomic E-state index is 12.1. The van der Waals surface area contributed by atoms with Gasteiger partial charge in [0.15, 0.2) is 5.78 Å². The summed E-state index contributed by atoms with van der Waals surface area (Å²) in [5, 5.41) is 0. The second kappa shape index (κ2) is 5.04. The van der Waals surface area contributed by atoms with E-state index in [1.54, 1.807) is 6.92 Å². The Morgan fingerprint density at radius 3 is 2.65 bits per heavy atom. The molecule has 0 aliphatic heterocycles. The number of carbonyl (C=O) groups is 2. The Balaban J connectivity index is 1.63. The van der Waals surface area contributed by atoms with Crippen LogP contribution in [0.15, 0.2) is 11.6 Å². The summed E-state index contributed by atoms with van der Waals surface area (Å²) in [6, 6.07) is 0. The van der Waals surface area contributed by atoms with Gasteiger partial charge in [-0.15, -0.1) is 0 Å². The summed E-state index contributed by atoms with van der Waals surface area (Å²) in [4.78, 5) is 24.0. The van der Waals surface area contributed by atoms with Crippen molar-refractivity contribution < 1.29 is 9.59 Å². The van der Waals surface area contributed by atoms with E-state index < -0.39 is 0 Å². The van der Waals surface area contributed by atoms with Crippen molar-refractivity contribution in [3.8, 4) is 0 Å². The molecule has 2 nitrogen and oxygen atoms in total. The van der Waals surface area contributed by atoms with Crippen molar-refractivity contribution in [3.63, 3.8) is 0 Å². The Morgan fingerprint density at radius 2 is 1.91 bits per heavy atom. The van der Waals surface area contributed by atoms with Crippen molar-refractivity contribution in [3.05, 3.63) is 11.6 Å². The van der Waals surface area contributed by atoms with Gasteiger partial charge < -0.3 is 0 Å². The monoisotopic (exact) mass is 314 g/mol. The summed E-state index contributed by atoms with van der Waals surface area (Å²) in [6.07, 6.45) is 11.0. The van der Waals surface area contributed by atoms with Gasteiger partial charge in [-0.05, 0) is 85.5 Å². The van der Waals surface area contributed by atoms with Crippen LogP contribution >= 0.6 is 0 Å². The van der Waals surface area contributed by atoms with Crippen LogP contribution in [0.4, 0.5) is 0 Å². The first kappa shape index (κ1) is 15.6. The molecule has 0 aromatic carbocycles. The third-order valence-corrected chi connectivity index (χ3v) is 8.44. The molecule has 4 aliphatic carbocycles. The molecule has 0 radical (unpaired) electrons. The molecule has 4 rings (SSSR count). The highest BCUT2D eigenvalue weighted by atomic mass is 16.1. The molecule has 23 heavy (non-hydrogen) atoms. The number of carbonyl (C=O) groups excluding carboxylic acids is 2. The first-order valence-electron chi connectivity index (χ1n) is 9.59. The average Bonchev–Trinajstić information content (AvgIpc) is 2.85. The lowest BCUT2D eigenvalue weighted by molar-refractivity contribution is -0.138. The van der Waals surface area contributed by atoms with E-state index in [2.05, 4.69) is 19.9 Å². The second-order valence-corrected chi connectivity index (χ2v) is 9.27. The molecule has 0 unspecified atom stereocenters. The average molecular weight is 314 g/mol. The minimum Gasteiger partial charge on any atom is -0.300 e. The maximum Gasteiger partial charge on any atom is 0.156 e. The smallest absolute Gasteiger partial charge is 0.156 e. The summed E-state index contributed by atoms with van der Waals surface area (Å²) >= 11 is 0. The Labute approximate surface area is 140 Å². The van der Waals surface area contributed by atoms with Gasteiger partial charge in [-0.2, -0.15) is 0 Å². The van der Waals surface area contributed by atoms with Gasteiger partial charge in [-0.3, -0.25) is 9.59 Å². The second-order valence-electron chi connectivity index (χ2n) is 9.27. The number of Topliss-reactive ketones (excluding diaryl/α,β-unsaturated/α-hetero) is 2. The lowest BCUT2D eigenvalue weighted by Crippen LogP contribution is -2.53. The first-order valence-corrected chi connectivity index (χ1v) is 9.59. The quantitative estimate of drug-likeness (QED) is 0.701. The van der Waals surface area contributed by atoms with E-state index in [4.69, 9.17) is 0 Å². The van der Waals surface area contributed by atoms with Crippen molar-refractivity contribution in [1.29, 1.82) is 0 Å². The molecule has 0 heterocycles. The van der Waals surface area contributed by atoms with Crippen molar-refractivity contribution >= 4 is 11.6 Å². The molecule has 4 aliphatic rings. The molecular formula is C21H30O2. The van der Waals surface area contributed by atoms with Gasteiger partial charge in [-0.25, -0.2) is 0 Å². The van der Waals surface area contributed by atoms with E-state index in [1.807, 2.05) is 0 Å². The van der Waals surface area contributed by atoms with Gasteiger partial charge in [-0.1, -0.05) is 19.9 Å². The predicted octanol–water partition coefficient (Wildman–Crippen LogP) is 4.72. The molecule has 0 spiro atoms. The zero-order valence-electron chi connectivity index (χ0n) is 14.9. The summed E-state index contributed by atoms with van der Waals surface area (Å²) in [6.45, 7) is 6.58. The summed E-state index contributed by atoms with van der Waals surface area (Å²) < 4.78 is 0. The van der Waals surface area contributed by atoms with Crippen LogP contribution in [0.5, 0.6) is 0 Å². The highest BCUT2D eigenvalue weighted by Crippen LogP contribution is 2.66. The molecule has 0 saturated heterocycles. The predicted molar refractivity (Wildman–Crippen MR) is 90.9 cm³/mol. The fraction of sp³-hybridized carbons (Fsp3) is 0.810. The number of allylic oxidation sites excluding steroid dienone is 2. The minimum absolute atomic E-state index is 0.126. The van der Waals surface area contributed by atoms with E-state index in [1.165, 1.54) is 25.7 Å². The maximum absolute atomic E-state index is 12.1. The first-order chi connectivity index (χ1) is 10.9. The molecule has 3 fully saturated rings. The Bertz CT molecular complexity index is 589. The van der Waals surface area contributed by atoms with Crippen LogP contribution in [-0.2, 0) is 9.59 Å². The van der Waals surface area contributed by atoms with Gasteiger partial charge in [0, 0.05) is 12.8 Å². The van der Waals surface area contributed by atoms with Gasteiger partial charge in [0.25, 0.3) is 0 Å². The number of hydrogen-bond donors (Lipinski definition) is 0. The van der Waals surface area contributed by atoms with E-state index in [0.29, 0.717) is 23.0 Å². The lowest BCUT2D eigenvalue weighted by atomic mass is 9.44. The van der Waals surface area contributed by atoms with Crippen molar-refractivity contribution in [2.75, 3.05) is 0 Å². The Kier molecular flexibility index (Phi) is 3.42. The number of rotatable bonds is 1. The van der Waals surface area contributed by atoms with Crippen LogP contribution in [0.3, 0.4) is 0 Å². The zero-order chi connectivity index (χ0) is 16.4. The summed E-state index contributed by atoms with van der Waals surface area (Å²) in [5.41, 5.74) is 1.62. The van der Waals surface area contributed by atoms with Crippen LogP contribution in [0, 0.1) is 34.5 Å². The molecule has 6 atom stereocenters. The van der Waals surface area contributed by atoms with Gasteiger partial charge in [0.2, 0.25) is 0 Å². The molecule has 126 valence electrons. The van der Waals surface area contributed by atoms with Crippen LogP contribution in [0.25, 0.3) is 0 Å². The molecular weight excluding hydrogens is 284 g/mol. The van der Waals surface area contributed by atoms with Gasteiger partial charge >= 0.3 is 0 Å². The Morgan fingerprint density at radius 1 is 1.13 bits per heavy atom. The largest absolute Gasteiger partial charge is 0.300 e. The third-order valence-electron chi connectivity index (χ3n) is 8.44. The van der Waals surface area contributed by atoms with E-state index in [-0.39, 0.29) is 11.2 Å². The molecule has 2 heteroatoms.